The first-order chi connectivity index (χ1) is 15.0. The highest BCUT2D eigenvalue weighted by Crippen LogP contribution is 2.42. The van der Waals surface area contributed by atoms with Crippen molar-refractivity contribution in [3.05, 3.63) is 34.9 Å². The number of rotatable bonds is 7. The summed E-state index contributed by atoms with van der Waals surface area (Å²) in [5.74, 6) is 1.54. The third-order valence-electron chi connectivity index (χ3n) is 4.61. The first-order valence-corrected chi connectivity index (χ1v) is 9.32. The number of hydrogen-bond acceptors (Lipinski definition) is 11. The lowest BCUT2D eigenvalue weighted by Crippen LogP contribution is -2.32. The van der Waals surface area contributed by atoms with Crippen molar-refractivity contribution >= 4 is 23.3 Å². The monoisotopic (exact) mass is 422 g/mol. The largest absolute Gasteiger partial charge is 0.493 e. The highest BCUT2D eigenvalue weighted by Gasteiger charge is 2.30. The Morgan fingerprint density at radius 2 is 2.00 bits per heavy atom. The number of methoxy groups -OCH3 is 2. The van der Waals surface area contributed by atoms with E-state index in [0.717, 1.165) is 0 Å². The molecule has 0 saturated carbocycles. The fourth-order valence-corrected chi connectivity index (χ4v) is 3.18. The van der Waals surface area contributed by atoms with E-state index in [9.17, 15) is 5.26 Å². The van der Waals surface area contributed by atoms with E-state index in [1.54, 1.807) is 32.4 Å². The van der Waals surface area contributed by atoms with E-state index in [4.69, 9.17) is 30.9 Å². The van der Waals surface area contributed by atoms with Crippen LogP contribution in [0, 0.1) is 22.8 Å². The van der Waals surface area contributed by atoms with Crippen molar-refractivity contribution in [2.75, 3.05) is 44.2 Å². The summed E-state index contributed by atoms with van der Waals surface area (Å²) in [4.78, 5) is 8.78. The number of guanidine groups is 1. The highest BCUT2D eigenvalue weighted by molar-refractivity contribution is 5.98. The molecule has 11 nitrogen and oxygen atoms in total. The molecule has 0 saturated heterocycles. The smallest absolute Gasteiger partial charge is 0.211 e. The fraction of sp³-hybridized carbons (Fsp3) is 0.300. The summed E-state index contributed by atoms with van der Waals surface area (Å²) in [6.07, 6.45) is 2.52. The van der Waals surface area contributed by atoms with Gasteiger partial charge < -0.3 is 31.0 Å². The van der Waals surface area contributed by atoms with Gasteiger partial charge in [0, 0.05) is 25.7 Å². The van der Waals surface area contributed by atoms with E-state index in [-0.39, 0.29) is 23.0 Å². The van der Waals surface area contributed by atoms with E-state index in [1.807, 2.05) is 12.3 Å². The number of nitrogens with one attached hydrogen (secondary N) is 2. The Bertz CT molecular complexity index is 1090. The van der Waals surface area contributed by atoms with E-state index < -0.39 is 6.04 Å². The Morgan fingerprint density at radius 1 is 1.19 bits per heavy atom. The predicted octanol–water partition coefficient (Wildman–Crippen LogP) is 1.48. The lowest BCUT2D eigenvalue weighted by molar-refractivity contribution is 0.170. The number of nitrogens with zero attached hydrogens (tertiary/aromatic N) is 4. The predicted molar refractivity (Wildman–Crippen MR) is 114 cm³/mol. The standard InChI is InChI=1S/C20H22N8O3/c1-29-6-3-7-31-14-8-11(4-5-13(14)30-2)17-15-16(23)12(9-21)18(24)27-19(15)28-20(26-17)25-10-22/h4-5,8,17H,3,6-7H2,1-2H3,(H6,23,24,25,26,27,28). The van der Waals surface area contributed by atoms with E-state index in [2.05, 4.69) is 20.6 Å². The van der Waals surface area contributed by atoms with Gasteiger partial charge in [-0.25, -0.2) is 9.98 Å². The minimum atomic E-state index is -0.667. The number of anilines is 3. The average Bonchev–Trinajstić information content (AvgIpc) is 2.76. The Balaban J connectivity index is 2.09. The van der Waals surface area contributed by atoms with Gasteiger partial charge in [0.2, 0.25) is 5.96 Å². The normalized spacial score (nSPS) is 14.3. The summed E-state index contributed by atoms with van der Waals surface area (Å²) in [5.41, 5.74) is 13.6. The van der Waals surface area contributed by atoms with Crippen LogP contribution in [0.3, 0.4) is 0 Å². The van der Waals surface area contributed by atoms with Gasteiger partial charge in [-0.05, 0) is 17.7 Å². The summed E-state index contributed by atoms with van der Waals surface area (Å²) in [6.45, 7) is 0.998. The Morgan fingerprint density at radius 3 is 2.68 bits per heavy atom. The van der Waals surface area contributed by atoms with Crippen LogP contribution in [-0.2, 0) is 4.74 Å². The van der Waals surface area contributed by atoms with Gasteiger partial charge >= 0.3 is 0 Å². The van der Waals surface area contributed by atoms with E-state index in [0.29, 0.717) is 48.1 Å². The van der Waals surface area contributed by atoms with Crippen molar-refractivity contribution in [3.63, 3.8) is 0 Å². The first kappa shape index (κ1) is 21.5. The van der Waals surface area contributed by atoms with Crippen molar-refractivity contribution in [2.45, 2.75) is 12.5 Å². The zero-order chi connectivity index (χ0) is 22.4. The summed E-state index contributed by atoms with van der Waals surface area (Å²) in [7, 11) is 3.18. The molecule has 0 bridgehead atoms. The van der Waals surface area contributed by atoms with Gasteiger partial charge in [-0.15, -0.1) is 0 Å². The molecule has 2 heterocycles. The first-order valence-electron chi connectivity index (χ1n) is 9.32. The van der Waals surface area contributed by atoms with Crippen molar-refractivity contribution in [1.29, 1.82) is 10.5 Å². The molecule has 11 heteroatoms. The number of aliphatic imine (C=N–C) groups is 1. The molecule has 2 aromatic rings. The van der Waals surface area contributed by atoms with Gasteiger partial charge in [0.25, 0.3) is 0 Å². The molecule has 1 aromatic heterocycles. The maximum atomic E-state index is 9.44. The second kappa shape index (κ2) is 9.52. The summed E-state index contributed by atoms with van der Waals surface area (Å²) < 4.78 is 16.3. The summed E-state index contributed by atoms with van der Waals surface area (Å²) in [5, 5.41) is 23.8. The van der Waals surface area contributed by atoms with Crippen molar-refractivity contribution < 1.29 is 14.2 Å². The molecule has 1 unspecified atom stereocenters. The maximum Gasteiger partial charge on any atom is 0.211 e. The van der Waals surface area contributed by atoms with Crippen LogP contribution in [0.15, 0.2) is 23.2 Å². The zero-order valence-electron chi connectivity index (χ0n) is 17.1. The Hall–Kier alpha value is -4.22. The van der Waals surface area contributed by atoms with Crippen molar-refractivity contribution in [2.24, 2.45) is 4.99 Å². The second-order valence-corrected chi connectivity index (χ2v) is 6.51. The van der Waals surface area contributed by atoms with Crippen LogP contribution in [0.25, 0.3) is 0 Å². The molecule has 1 aliphatic heterocycles. The molecule has 6 N–H and O–H groups in total. The molecule has 0 spiro atoms. The molecule has 3 rings (SSSR count). The van der Waals surface area contributed by atoms with Crippen LogP contribution in [0.4, 0.5) is 17.3 Å². The van der Waals surface area contributed by atoms with Crippen LogP contribution in [0.5, 0.6) is 11.5 Å². The fourth-order valence-electron chi connectivity index (χ4n) is 3.18. The number of fused-ring (bicyclic) bond motifs is 1. The molecule has 31 heavy (non-hydrogen) atoms. The quantitative estimate of drug-likeness (QED) is 0.290. The number of nitriles is 2. The topological polar surface area (TPSA) is 177 Å². The van der Waals surface area contributed by atoms with Gasteiger partial charge in [-0.2, -0.15) is 10.5 Å². The summed E-state index contributed by atoms with van der Waals surface area (Å²) in [6, 6.07) is 6.64. The number of hydrogen-bond donors (Lipinski definition) is 4. The number of ether oxygens (including phenoxy) is 3. The number of nitrogen functional groups attached to an aromatic ring is 2. The molecule has 1 aromatic carbocycles. The second-order valence-electron chi connectivity index (χ2n) is 6.51. The Labute approximate surface area is 179 Å². The number of aromatic nitrogens is 1. The molecule has 0 radical (unpaired) electrons. The third-order valence-corrected chi connectivity index (χ3v) is 4.61. The molecular weight excluding hydrogens is 400 g/mol. The molecule has 160 valence electrons. The minimum absolute atomic E-state index is 0.0138. The third kappa shape index (κ3) is 4.37. The molecule has 1 atom stereocenters. The zero-order valence-corrected chi connectivity index (χ0v) is 17.1. The molecular formula is C20H22N8O3. The molecule has 0 amide bonds. The van der Waals surface area contributed by atoms with Gasteiger partial charge in [0.15, 0.2) is 17.7 Å². The lowest BCUT2D eigenvalue weighted by atomic mass is 9.95. The van der Waals surface area contributed by atoms with E-state index in [1.165, 1.54) is 0 Å². The van der Waals surface area contributed by atoms with Gasteiger partial charge in [0.1, 0.15) is 29.3 Å². The van der Waals surface area contributed by atoms with Crippen molar-refractivity contribution in [1.82, 2.24) is 10.3 Å². The maximum absolute atomic E-state index is 9.44. The van der Waals surface area contributed by atoms with E-state index >= 15 is 0 Å². The SMILES string of the molecule is COCCCOc1cc(C2N=C(NC#N)Nc3nc(N)c(C#N)c(N)c32)ccc1OC. The molecule has 0 aliphatic carbocycles. The number of nitrogens with two attached hydrogens (primary N) is 2. The lowest BCUT2D eigenvalue weighted by Gasteiger charge is -2.26. The minimum Gasteiger partial charge on any atom is -0.493 e. The van der Waals surface area contributed by atoms with Gasteiger partial charge in [0.05, 0.1) is 19.4 Å². The van der Waals surface area contributed by atoms with Crippen molar-refractivity contribution in [3.8, 4) is 23.8 Å². The highest BCUT2D eigenvalue weighted by atomic mass is 16.5. The number of pyridine rings is 1. The van der Waals surface area contributed by atoms with Crippen LogP contribution in [-0.4, -0.2) is 38.4 Å². The van der Waals surface area contributed by atoms with Crippen LogP contribution >= 0.6 is 0 Å². The molecule has 1 aliphatic rings. The number of benzene rings is 1. The van der Waals surface area contributed by atoms with Crippen LogP contribution in [0.1, 0.15) is 29.2 Å². The van der Waals surface area contributed by atoms with Gasteiger partial charge in [-0.1, -0.05) is 6.07 Å². The van der Waals surface area contributed by atoms with Crippen LogP contribution in [0.2, 0.25) is 0 Å². The van der Waals surface area contributed by atoms with Crippen LogP contribution < -0.4 is 31.6 Å². The Kier molecular flexibility index (Phi) is 6.60. The molecule has 0 fully saturated rings. The average molecular weight is 422 g/mol. The summed E-state index contributed by atoms with van der Waals surface area (Å²) >= 11 is 0. The van der Waals surface area contributed by atoms with Gasteiger partial charge in [-0.3, -0.25) is 5.32 Å².